The molecular weight excluding hydrogens is 288 g/mol. The summed E-state index contributed by atoms with van der Waals surface area (Å²) in [6, 6.07) is 8.60. The van der Waals surface area contributed by atoms with Crippen LogP contribution in [0.1, 0.15) is 5.56 Å². The molecule has 2 aliphatic heterocycles. The fraction of sp³-hybridized carbons (Fsp3) is 0.600. The number of anilines is 1. The Morgan fingerprint density at radius 3 is 2.19 bits per heavy atom. The van der Waals surface area contributed by atoms with Crippen molar-refractivity contribution >= 4 is 15.5 Å². The van der Waals surface area contributed by atoms with Crippen LogP contribution in [-0.4, -0.2) is 64.2 Å². The lowest BCUT2D eigenvalue weighted by Crippen LogP contribution is -2.39. The Morgan fingerprint density at radius 2 is 1.57 bits per heavy atom. The molecule has 0 radical (unpaired) electrons. The van der Waals surface area contributed by atoms with E-state index in [0.29, 0.717) is 24.6 Å². The van der Waals surface area contributed by atoms with E-state index in [0.717, 1.165) is 32.8 Å². The number of rotatable bonds is 3. The smallest absolute Gasteiger partial charge is 0.152 e. The second-order valence-corrected chi connectivity index (χ2v) is 8.00. The standard InChI is InChI=1S/C15H22N2O3S/c18-21(19)11-7-16(8-12-21)13-14-1-3-15(4-2-14)17-5-9-20-10-6-17/h1-4H,5-13H2. The van der Waals surface area contributed by atoms with Crippen LogP contribution < -0.4 is 4.90 Å². The third-order valence-electron chi connectivity index (χ3n) is 4.16. The average Bonchev–Trinajstić information content (AvgIpc) is 2.51. The van der Waals surface area contributed by atoms with Crippen LogP contribution in [0.4, 0.5) is 5.69 Å². The van der Waals surface area contributed by atoms with Crippen molar-refractivity contribution in [3.05, 3.63) is 29.8 Å². The molecule has 0 amide bonds. The maximum absolute atomic E-state index is 11.4. The molecule has 0 N–H and O–H groups in total. The summed E-state index contributed by atoms with van der Waals surface area (Å²) in [4.78, 5) is 4.55. The van der Waals surface area contributed by atoms with E-state index in [1.807, 2.05) is 0 Å². The van der Waals surface area contributed by atoms with Gasteiger partial charge in [0.1, 0.15) is 0 Å². The van der Waals surface area contributed by atoms with Gasteiger partial charge in [-0.2, -0.15) is 0 Å². The van der Waals surface area contributed by atoms with Crippen LogP contribution in [0.15, 0.2) is 24.3 Å². The van der Waals surface area contributed by atoms with Gasteiger partial charge in [-0.1, -0.05) is 12.1 Å². The van der Waals surface area contributed by atoms with Crippen molar-refractivity contribution in [2.45, 2.75) is 6.54 Å². The van der Waals surface area contributed by atoms with Crippen LogP contribution in [0.25, 0.3) is 0 Å². The van der Waals surface area contributed by atoms with Crippen LogP contribution in [0.5, 0.6) is 0 Å². The Labute approximate surface area is 126 Å². The number of morpholine rings is 1. The van der Waals surface area contributed by atoms with Crippen LogP contribution in [0, 0.1) is 0 Å². The van der Waals surface area contributed by atoms with Gasteiger partial charge in [0.15, 0.2) is 9.84 Å². The zero-order chi connectivity index (χ0) is 14.7. The summed E-state index contributed by atoms with van der Waals surface area (Å²) in [5.41, 5.74) is 2.48. The van der Waals surface area contributed by atoms with E-state index >= 15 is 0 Å². The third kappa shape index (κ3) is 3.96. The fourth-order valence-electron chi connectivity index (χ4n) is 2.80. The van der Waals surface area contributed by atoms with Crippen molar-refractivity contribution < 1.29 is 13.2 Å². The van der Waals surface area contributed by atoms with Gasteiger partial charge in [-0.15, -0.1) is 0 Å². The fourth-order valence-corrected chi connectivity index (χ4v) is 4.08. The lowest BCUT2D eigenvalue weighted by Gasteiger charge is -2.29. The molecule has 0 atom stereocenters. The number of hydrogen-bond donors (Lipinski definition) is 0. The van der Waals surface area contributed by atoms with E-state index in [1.54, 1.807) is 0 Å². The van der Waals surface area contributed by atoms with Gasteiger partial charge in [0.25, 0.3) is 0 Å². The molecule has 0 spiro atoms. The van der Waals surface area contributed by atoms with Crippen LogP contribution in [-0.2, 0) is 21.1 Å². The Balaban J connectivity index is 1.57. The number of sulfone groups is 1. The highest BCUT2D eigenvalue weighted by atomic mass is 32.2. The van der Waals surface area contributed by atoms with Gasteiger partial charge < -0.3 is 9.64 Å². The van der Waals surface area contributed by atoms with E-state index in [1.165, 1.54) is 11.3 Å². The summed E-state index contributed by atoms with van der Waals surface area (Å²) >= 11 is 0. The summed E-state index contributed by atoms with van der Waals surface area (Å²) in [6.07, 6.45) is 0. The van der Waals surface area contributed by atoms with Crippen molar-refractivity contribution in [3.63, 3.8) is 0 Å². The highest BCUT2D eigenvalue weighted by Gasteiger charge is 2.21. The SMILES string of the molecule is O=S1(=O)CCN(Cc2ccc(N3CCOCC3)cc2)CC1. The largest absolute Gasteiger partial charge is 0.378 e. The molecular formula is C15H22N2O3S. The molecule has 21 heavy (non-hydrogen) atoms. The Bertz CT molecular complexity index is 551. The summed E-state index contributed by atoms with van der Waals surface area (Å²) in [6.45, 7) is 5.61. The van der Waals surface area contributed by atoms with E-state index < -0.39 is 9.84 Å². The van der Waals surface area contributed by atoms with Crippen LogP contribution >= 0.6 is 0 Å². The monoisotopic (exact) mass is 310 g/mol. The summed E-state index contributed by atoms with van der Waals surface area (Å²) in [5.74, 6) is 0.581. The molecule has 2 saturated heterocycles. The maximum atomic E-state index is 11.4. The second-order valence-electron chi connectivity index (χ2n) is 5.69. The zero-order valence-electron chi connectivity index (χ0n) is 12.2. The van der Waals surface area contributed by atoms with E-state index in [2.05, 4.69) is 34.1 Å². The molecule has 0 saturated carbocycles. The van der Waals surface area contributed by atoms with Crippen molar-refractivity contribution in [3.8, 4) is 0 Å². The lowest BCUT2D eigenvalue weighted by atomic mass is 10.1. The minimum Gasteiger partial charge on any atom is -0.378 e. The first-order chi connectivity index (χ1) is 10.1. The first kappa shape index (κ1) is 14.8. The number of nitrogens with zero attached hydrogens (tertiary/aromatic N) is 2. The number of hydrogen-bond acceptors (Lipinski definition) is 5. The summed E-state index contributed by atoms with van der Waals surface area (Å²) in [7, 11) is -2.79. The van der Waals surface area contributed by atoms with Gasteiger partial charge in [0.05, 0.1) is 24.7 Å². The highest BCUT2D eigenvalue weighted by molar-refractivity contribution is 7.91. The van der Waals surface area contributed by atoms with Gasteiger partial charge in [-0.25, -0.2) is 8.42 Å². The number of ether oxygens (including phenoxy) is 1. The van der Waals surface area contributed by atoms with Crippen molar-refractivity contribution in [1.82, 2.24) is 4.90 Å². The van der Waals surface area contributed by atoms with Crippen molar-refractivity contribution in [1.29, 1.82) is 0 Å². The molecule has 1 aromatic carbocycles. The molecule has 2 aliphatic rings. The van der Waals surface area contributed by atoms with Gasteiger partial charge in [-0.3, -0.25) is 4.90 Å². The lowest BCUT2D eigenvalue weighted by molar-refractivity contribution is 0.122. The van der Waals surface area contributed by atoms with Gasteiger partial charge in [-0.05, 0) is 17.7 Å². The number of benzene rings is 1. The molecule has 3 rings (SSSR count). The molecule has 116 valence electrons. The Morgan fingerprint density at radius 1 is 0.952 bits per heavy atom. The van der Waals surface area contributed by atoms with Crippen molar-refractivity contribution in [2.75, 3.05) is 55.8 Å². The Hall–Kier alpha value is -1.11. The Kier molecular flexibility index (Phi) is 4.47. The van der Waals surface area contributed by atoms with E-state index in [-0.39, 0.29) is 0 Å². The van der Waals surface area contributed by atoms with Gasteiger partial charge >= 0.3 is 0 Å². The molecule has 2 heterocycles. The molecule has 0 aromatic heterocycles. The molecule has 5 nitrogen and oxygen atoms in total. The highest BCUT2D eigenvalue weighted by Crippen LogP contribution is 2.18. The van der Waals surface area contributed by atoms with E-state index in [9.17, 15) is 8.42 Å². The minimum atomic E-state index is -2.79. The predicted octanol–water partition coefficient (Wildman–Crippen LogP) is 0.754. The quantitative estimate of drug-likeness (QED) is 0.825. The summed E-state index contributed by atoms with van der Waals surface area (Å²) < 4.78 is 28.2. The average molecular weight is 310 g/mol. The van der Waals surface area contributed by atoms with Crippen LogP contribution in [0.3, 0.4) is 0 Å². The summed E-state index contributed by atoms with van der Waals surface area (Å²) in [5, 5.41) is 0. The topological polar surface area (TPSA) is 49.9 Å². The van der Waals surface area contributed by atoms with Crippen LogP contribution in [0.2, 0.25) is 0 Å². The molecule has 0 unspecified atom stereocenters. The predicted molar refractivity (Wildman–Crippen MR) is 83.4 cm³/mol. The normalized spacial score (nSPS) is 23.1. The van der Waals surface area contributed by atoms with E-state index in [4.69, 9.17) is 4.74 Å². The van der Waals surface area contributed by atoms with Gasteiger partial charge in [0, 0.05) is 38.4 Å². The maximum Gasteiger partial charge on any atom is 0.152 e. The minimum absolute atomic E-state index is 0.291. The first-order valence-corrected chi connectivity index (χ1v) is 9.29. The first-order valence-electron chi connectivity index (χ1n) is 7.47. The molecule has 0 aliphatic carbocycles. The second kappa shape index (κ2) is 6.34. The molecule has 0 bridgehead atoms. The molecule has 2 fully saturated rings. The molecule has 6 heteroatoms. The van der Waals surface area contributed by atoms with Gasteiger partial charge in [0.2, 0.25) is 0 Å². The third-order valence-corrected chi connectivity index (χ3v) is 5.76. The zero-order valence-corrected chi connectivity index (χ0v) is 13.0. The molecule has 1 aromatic rings. The van der Waals surface area contributed by atoms with Crippen molar-refractivity contribution in [2.24, 2.45) is 0 Å².